The van der Waals surface area contributed by atoms with Crippen molar-refractivity contribution >= 4 is 45.2 Å². The molecule has 0 amide bonds. The molecule has 0 radical (unpaired) electrons. The molecule has 3 heterocycles. The number of halogens is 2. The number of aromatic carboxylic acids is 1. The third kappa shape index (κ3) is 4.42. The summed E-state index contributed by atoms with van der Waals surface area (Å²) in [5.74, 6) is -2.00. The number of carboxylic acids is 1. The number of para-hydroxylation sites is 2. The highest BCUT2D eigenvalue weighted by Crippen LogP contribution is 2.42. The molecule has 2 aliphatic rings. The summed E-state index contributed by atoms with van der Waals surface area (Å²) in [6, 6.07) is 8.91. The molecule has 1 saturated heterocycles. The second-order valence-electron chi connectivity index (χ2n) is 10.1. The van der Waals surface area contributed by atoms with Crippen LogP contribution in [0.1, 0.15) is 35.7 Å². The summed E-state index contributed by atoms with van der Waals surface area (Å²) < 4.78 is 19.0. The number of benzene rings is 2. The number of aliphatic hydroxyl groups excluding tert-OH is 1. The predicted molar refractivity (Wildman–Crippen MR) is 143 cm³/mol. The molecule has 0 spiro atoms. The third-order valence-electron chi connectivity index (χ3n) is 7.44. The molecular formula is C27H27ClFN5O4. The number of nitrogens with zero attached hydrogens (tertiary/aromatic N) is 4. The van der Waals surface area contributed by atoms with E-state index in [1.165, 1.54) is 6.20 Å². The minimum Gasteiger partial charge on any atom is -0.477 e. The molecule has 198 valence electrons. The first kappa shape index (κ1) is 24.8. The van der Waals surface area contributed by atoms with Gasteiger partial charge in [0.05, 0.1) is 51.6 Å². The zero-order chi connectivity index (χ0) is 26.6. The van der Waals surface area contributed by atoms with Gasteiger partial charge in [0.2, 0.25) is 5.43 Å². The molecule has 6 rings (SSSR count). The van der Waals surface area contributed by atoms with Crippen LogP contribution in [0.5, 0.6) is 0 Å². The normalized spacial score (nSPS) is 18.5. The van der Waals surface area contributed by atoms with Crippen LogP contribution in [-0.2, 0) is 6.54 Å². The Morgan fingerprint density at radius 2 is 2.05 bits per heavy atom. The average molecular weight is 540 g/mol. The van der Waals surface area contributed by atoms with Gasteiger partial charge in [-0.3, -0.25) is 4.79 Å². The molecule has 2 fully saturated rings. The Balaban J connectivity index is 1.19. The van der Waals surface area contributed by atoms with Gasteiger partial charge in [-0.25, -0.2) is 14.2 Å². The van der Waals surface area contributed by atoms with Gasteiger partial charge in [-0.05, 0) is 37.5 Å². The summed E-state index contributed by atoms with van der Waals surface area (Å²) in [6.07, 6.45) is 4.81. The van der Waals surface area contributed by atoms with Crippen LogP contribution < -0.4 is 15.6 Å². The molecule has 1 saturated carbocycles. The summed E-state index contributed by atoms with van der Waals surface area (Å²) in [5.41, 5.74) is 1.29. The number of hydrogen-bond acceptors (Lipinski definition) is 6. The second-order valence-corrected chi connectivity index (χ2v) is 10.5. The Labute approximate surface area is 222 Å². The number of nitrogens with one attached hydrogen (secondary N) is 1. The van der Waals surface area contributed by atoms with E-state index >= 15 is 4.39 Å². The standard InChI is InChI=1S/C27H27ClFN5O4/c28-23-24-18(26(36)19(27(37)38)13-34(24)16-5-6-16)9-20(29)25(23)32-8-7-15(11-32)30-10-17(35)12-33-14-31-21-3-1-2-4-22(21)33/h1-4,9,13-17,30,35H,5-8,10-12H2,(H,37,38). The van der Waals surface area contributed by atoms with Gasteiger partial charge in [-0.1, -0.05) is 23.7 Å². The zero-order valence-corrected chi connectivity index (χ0v) is 21.2. The monoisotopic (exact) mass is 539 g/mol. The van der Waals surface area contributed by atoms with Gasteiger partial charge in [-0.15, -0.1) is 0 Å². The van der Waals surface area contributed by atoms with E-state index in [0.717, 1.165) is 36.4 Å². The number of fused-ring (bicyclic) bond motifs is 2. The lowest BCUT2D eigenvalue weighted by molar-refractivity contribution is 0.0694. The fourth-order valence-electron chi connectivity index (χ4n) is 5.39. The lowest BCUT2D eigenvalue weighted by Gasteiger charge is -2.24. The van der Waals surface area contributed by atoms with E-state index < -0.39 is 23.3 Å². The lowest BCUT2D eigenvalue weighted by Crippen LogP contribution is -2.39. The van der Waals surface area contributed by atoms with Crippen molar-refractivity contribution in [3.63, 3.8) is 0 Å². The zero-order valence-electron chi connectivity index (χ0n) is 20.5. The molecule has 1 aliphatic carbocycles. The third-order valence-corrected chi connectivity index (χ3v) is 7.79. The first-order valence-electron chi connectivity index (χ1n) is 12.7. The van der Waals surface area contributed by atoms with Crippen LogP contribution in [0.3, 0.4) is 0 Å². The highest BCUT2D eigenvalue weighted by Gasteiger charge is 2.32. The van der Waals surface area contributed by atoms with E-state index in [0.29, 0.717) is 31.7 Å². The van der Waals surface area contributed by atoms with Crippen LogP contribution in [0, 0.1) is 5.82 Å². The summed E-state index contributed by atoms with van der Waals surface area (Å²) in [6.45, 7) is 1.77. The maximum atomic E-state index is 15.4. The van der Waals surface area contributed by atoms with Crippen molar-refractivity contribution in [3.05, 3.63) is 69.5 Å². The SMILES string of the molecule is O=C(O)c1cn(C2CC2)c2c(Cl)c(N3CCC(NCC(O)Cn4cnc5ccccc54)C3)c(F)cc2c1=O. The van der Waals surface area contributed by atoms with E-state index in [9.17, 15) is 19.8 Å². The van der Waals surface area contributed by atoms with Crippen molar-refractivity contribution in [3.8, 4) is 0 Å². The predicted octanol–water partition coefficient (Wildman–Crippen LogP) is 3.41. The van der Waals surface area contributed by atoms with Crippen molar-refractivity contribution in [2.24, 2.45) is 0 Å². The van der Waals surface area contributed by atoms with Crippen molar-refractivity contribution in [1.29, 1.82) is 0 Å². The average Bonchev–Trinajstić information content (AvgIpc) is 3.50. The van der Waals surface area contributed by atoms with E-state index in [4.69, 9.17) is 11.6 Å². The Morgan fingerprint density at radius 3 is 2.82 bits per heavy atom. The molecule has 1 aliphatic heterocycles. The molecule has 0 bridgehead atoms. The number of carbonyl (C=O) groups is 1. The van der Waals surface area contributed by atoms with Crippen LogP contribution >= 0.6 is 11.6 Å². The topological polar surface area (TPSA) is 113 Å². The maximum Gasteiger partial charge on any atom is 0.341 e. The number of hydrogen-bond donors (Lipinski definition) is 3. The fourth-order valence-corrected chi connectivity index (χ4v) is 5.80. The van der Waals surface area contributed by atoms with Crippen molar-refractivity contribution in [2.75, 3.05) is 24.5 Å². The number of imidazole rings is 1. The van der Waals surface area contributed by atoms with Crippen molar-refractivity contribution in [1.82, 2.24) is 19.4 Å². The van der Waals surface area contributed by atoms with Gasteiger partial charge in [0.1, 0.15) is 11.4 Å². The van der Waals surface area contributed by atoms with E-state index in [1.807, 2.05) is 33.7 Å². The highest BCUT2D eigenvalue weighted by molar-refractivity contribution is 6.38. The summed E-state index contributed by atoms with van der Waals surface area (Å²) in [7, 11) is 0. The largest absolute Gasteiger partial charge is 0.477 e. The van der Waals surface area contributed by atoms with Crippen LogP contribution in [0.4, 0.5) is 10.1 Å². The molecule has 2 unspecified atom stereocenters. The van der Waals surface area contributed by atoms with Gasteiger partial charge in [0.15, 0.2) is 0 Å². The smallest absolute Gasteiger partial charge is 0.341 e. The van der Waals surface area contributed by atoms with Gasteiger partial charge < -0.3 is 29.6 Å². The van der Waals surface area contributed by atoms with Gasteiger partial charge in [-0.2, -0.15) is 0 Å². The van der Waals surface area contributed by atoms with Gasteiger partial charge >= 0.3 is 5.97 Å². The Morgan fingerprint density at radius 1 is 1.26 bits per heavy atom. The molecule has 4 aromatic rings. The number of aromatic nitrogens is 3. The number of carboxylic acid groups (broad SMARTS) is 1. The van der Waals surface area contributed by atoms with Crippen LogP contribution in [0.15, 0.2) is 47.7 Å². The molecule has 2 aromatic heterocycles. The molecule has 3 N–H and O–H groups in total. The summed E-state index contributed by atoms with van der Waals surface area (Å²) in [4.78, 5) is 30.6. The summed E-state index contributed by atoms with van der Waals surface area (Å²) >= 11 is 6.75. The number of aliphatic hydroxyl groups is 1. The van der Waals surface area contributed by atoms with Crippen molar-refractivity contribution in [2.45, 2.75) is 44.0 Å². The van der Waals surface area contributed by atoms with Crippen LogP contribution in [0.25, 0.3) is 21.9 Å². The van der Waals surface area contributed by atoms with Crippen LogP contribution in [0.2, 0.25) is 5.02 Å². The quantitative estimate of drug-likeness (QED) is 0.314. The van der Waals surface area contributed by atoms with Crippen LogP contribution in [-0.4, -0.2) is 62.1 Å². The van der Waals surface area contributed by atoms with Crippen molar-refractivity contribution < 1.29 is 19.4 Å². The first-order chi connectivity index (χ1) is 18.3. The molecular weight excluding hydrogens is 513 g/mol. The molecule has 11 heteroatoms. The summed E-state index contributed by atoms with van der Waals surface area (Å²) in [5, 5.41) is 23.6. The molecule has 38 heavy (non-hydrogen) atoms. The minimum absolute atomic E-state index is 0.00959. The first-order valence-corrected chi connectivity index (χ1v) is 13.1. The van der Waals surface area contributed by atoms with E-state index in [-0.39, 0.29) is 33.7 Å². The molecule has 2 atom stereocenters. The fraction of sp³-hybridized carbons (Fsp3) is 0.370. The molecule has 2 aromatic carbocycles. The lowest BCUT2D eigenvalue weighted by atomic mass is 10.1. The Kier molecular flexibility index (Phi) is 6.33. The number of pyridine rings is 1. The molecule has 9 nitrogen and oxygen atoms in total. The van der Waals surface area contributed by atoms with E-state index in [2.05, 4.69) is 10.3 Å². The maximum absolute atomic E-state index is 15.4. The minimum atomic E-state index is -1.34. The Bertz CT molecular complexity index is 1610. The van der Waals surface area contributed by atoms with Gasteiger partial charge in [0, 0.05) is 37.9 Å². The Hall–Kier alpha value is -3.47. The number of anilines is 1. The van der Waals surface area contributed by atoms with Gasteiger partial charge in [0.25, 0.3) is 0 Å². The number of rotatable bonds is 8. The highest BCUT2D eigenvalue weighted by atomic mass is 35.5. The second kappa shape index (κ2) is 9.68. The van der Waals surface area contributed by atoms with E-state index in [1.54, 1.807) is 10.9 Å².